The van der Waals surface area contributed by atoms with Gasteiger partial charge in [0, 0.05) is 5.39 Å². The summed E-state index contributed by atoms with van der Waals surface area (Å²) in [6.45, 7) is 0. The van der Waals surface area contributed by atoms with Crippen LogP contribution in [0.1, 0.15) is 23.1 Å². The summed E-state index contributed by atoms with van der Waals surface area (Å²) in [5, 5.41) is 10.3. The highest BCUT2D eigenvalue weighted by Crippen LogP contribution is 2.36. The molecule has 20 heavy (non-hydrogen) atoms. The molecule has 1 aromatic carbocycles. The Labute approximate surface area is 112 Å². The molecule has 0 saturated carbocycles. The smallest absolute Gasteiger partial charge is 0.307 e. The van der Waals surface area contributed by atoms with Crippen molar-refractivity contribution >= 4 is 22.8 Å². The van der Waals surface area contributed by atoms with Crippen LogP contribution in [-0.4, -0.2) is 33.7 Å². The lowest BCUT2D eigenvalue weighted by Crippen LogP contribution is -2.30. The Kier molecular flexibility index (Phi) is 2.72. The van der Waals surface area contributed by atoms with Crippen LogP contribution in [0.5, 0.6) is 0 Å². The second-order valence-electron chi connectivity index (χ2n) is 4.46. The highest BCUT2D eigenvalue weighted by Gasteiger charge is 2.40. The second-order valence-corrected chi connectivity index (χ2v) is 4.46. The molecule has 2 heterocycles. The number of hydroxylamine groups is 2. The molecule has 104 valence electrons. The number of aliphatic carboxylic acids is 1. The van der Waals surface area contributed by atoms with Crippen LogP contribution in [0, 0.1) is 5.82 Å². The molecule has 7 heteroatoms. The van der Waals surface area contributed by atoms with E-state index in [1.54, 1.807) is 6.07 Å². The highest BCUT2D eigenvalue weighted by atomic mass is 19.1. The first kappa shape index (κ1) is 12.6. The van der Waals surface area contributed by atoms with Crippen LogP contribution in [0.2, 0.25) is 0 Å². The van der Waals surface area contributed by atoms with Gasteiger partial charge in [0.05, 0.1) is 19.0 Å². The van der Waals surface area contributed by atoms with Crippen LogP contribution in [0.25, 0.3) is 10.9 Å². The van der Waals surface area contributed by atoms with E-state index in [9.17, 15) is 14.0 Å². The summed E-state index contributed by atoms with van der Waals surface area (Å²) < 4.78 is 15.2. The lowest BCUT2D eigenvalue weighted by Gasteiger charge is -2.22. The molecule has 0 bridgehead atoms. The second kappa shape index (κ2) is 4.31. The molecule has 1 amide bonds. The molecule has 0 spiro atoms. The standard InChI is InChI=1S/C13H11FN2O4/c1-20-16-11(6-12(17)18)15-9-4-2-3-8(14)7(9)5-10(15)13(16)19/h2-5,11H,6H2,1H3,(H,17,18). The third-order valence-electron chi connectivity index (χ3n) is 3.37. The number of hydrogen-bond acceptors (Lipinski definition) is 3. The van der Waals surface area contributed by atoms with E-state index >= 15 is 0 Å². The minimum Gasteiger partial charge on any atom is -0.481 e. The van der Waals surface area contributed by atoms with Crippen molar-refractivity contribution in [2.45, 2.75) is 12.6 Å². The molecule has 1 atom stereocenters. The van der Waals surface area contributed by atoms with Gasteiger partial charge >= 0.3 is 5.97 Å². The minimum atomic E-state index is -1.07. The molecule has 3 rings (SSSR count). The van der Waals surface area contributed by atoms with Crippen molar-refractivity contribution in [2.75, 3.05) is 7.11 Å². The van der Waals surface area contributed by atoms with E-state index in [0.717, 1.165) is 5.06 Å². The molecule has 2 aromatic rings. The zero-order valence-corrected chi connectivity index (χ0v) is 10.5. The van der Waals surface area contributed by atoms with Gasteiger partial charge in [-0.2, -0.15) is 5.06 Å². The maximum absolute atomic E-state index is 13.7. The number of carboxylic acids is 1. The Morgan fingerprint density at radius 3 is 2.90 bits per heavy atom. The van der Waals surface area contributed by atoms with Crippen molar-refractivity contribution in [1.82, 2.24) is 9.63 Å². The number of nitrogens with zero attached hydrogens (tertiary/aromatic N) is 2. The van der Waals surface area contributed by atoms with Crippen LogP contribution < -0.4 is 0 Å². The average Bonchev–Trinajstić information content (AvgIpc) is 2.88. The monoisotopic (exact) mass is 278 g/mol. The molecule has 0 aliphatic carbocycles. The van der Waals surface area contributed by atoms with Crippen molar-refractivity contribution in [2.24, 2.45) is 0 Å². The van der Waals surface area contributed by atoms with E-state index < -0.39 is 23.9 Å². The summed E-state index contributed by atoms with van der Waals surface area (Å²) in [7, 11) is 1.29. The predicted molar refractivity (Wildman–Crippen MR) is 66.4 cm³/mol. The zero-order chi connectivity index (χ0) is 14.4. The number of carboxylic acid groups (broad SMARTS) is 1. The molecule has 1 aliphatic heterocycles. The molecule has 0 radical (unpaired) electrons. The first-order chi connectivity index (χ1) is 9.54. The van der Waals surface area contributed by atoms with Gasteiger partial charge in [-0.1, -0.05) is 6.07 Å². The van der Waals surface area contributed by atoms with Crippen molar-refractivity contribution < 1.29 is 23.9 Å². The topological polar surface area (TPSA) is 71.8 Å². The number of amides is 1. The summed E-state index contributed by atoms with van der Waals surface area (Å²) in [5.41, 5.74) is 0.692. The van der Waals surface area contributed by atoms with Gasteiger partial charge in [0.25, 0.3) is 5.91 Å². The van der Waals surface area contributed by atoms with E-state index in [2.05, 4.69) is 0 Å². The van der Waals surface area contributed by atoms with Crippen LogP contribution in [0.15, 0.2) is 24.3 Å². The van der Waals surface area contributed by atoms with Crippen molar-refractivity contribution in [1.29, 1.82) is 0 Å². The molecule has 0 saturated heterocycles. The van der Waals surface area contributed by atoms with Gasteiger partial charge in [-0.3, -0.25) is 14.4 Å². The first-order valence-electron chi connectivity index (χ1n) is 5.93. The van der Waals surface area contributed by atoms with Crippen LogP contribution in [0.4, 0.5) is 4.39 Å². The fraction of sp³-hybridized carbons (Fsp3) is 0.231. The SMILES string of the molecule is CON1C(=O)c2cc3c(F)cccc3n2C1CC(=O)O. The van der Waals surface area contributed by atoms with Crippen LogP contribution >= 0.6 is 0 Å². The van der Waals surface area contributed by atoms with E-state index in [-0.39, 0.29) is 12.1 Å². The fourth-order valence-electron chi connectivity index (χ4n) is 2.59. The summed E-state index contributed by atoms with van der Waals surface area (Å²) >= 11 is 0. The zero-order valence-electron chi connectivity index (χ0n) is 10.5. The third kappa shape index (κ3) is 1.60. The summed E-state index contributed by atoms with van der Waals surface area (Å²) in [4.78, 5) is 28.1. The quantitative estimate of drug-likeness (QED) is 0.928. The predicted octanol–water partition coefficient (Wildman–Crippen LogP) is 1.77. The average molecular weight is 278 g/mol. The third-order valence-corrected chi connectivity index (χ3v) is 3.37. The summed E-state index contributed by atoms with van der Waals surface area (Å²) in [6.07, 6.45) is -1.15. The Hall–Kier alpha value is -2.41. The molecule has 0 fully saturated rings. The van der Waals surface area contributed by atoms with Gasteiger partial charge < -0.3 is 9.67 Å². The largest absolute Gasteiger partial charge is 0.481 e. The Morgan fingerprint density at radius 2 is 2.25 bits per heavy atom. The van der Waals surface area contributed by atoms with Gasteiger partial charge in [-0.15, -0.1) is 0 Å². The van der Waals surface area contributed by atoms with Crippen LogP contribution in [0.3, 0.4) is 0 Å². The number of rotatable bonds is 3. The first-order valence-corrected chi connectivity index (χ1v) is 5.93. The van der Waals surface area contributed by atoms with E-state index in [4.69, 9.17) is 9.94 Å². The van der Waals surface area contributed by atoms with E-state index in [1.165, 1.54) is 29.9 Å². The molecular weight excluding hydrogens is 267 g/mol. The van der Waals surface area contributed by atoms with Crippen molar-refractivity contribution in [3.05, 3.63) is 35.8 Å². The van der Waals surface area contributed by atoms with Gasteiger partial charge in [0.1, 0.15) is 17.7 Å². The molecule has 1 unspecified atom stereocenters. The molecule has 1 aromatic heterocycles. The summed E-state index contributed by atoms with van der Waals surface area (Å²) in [5.74, 6) is -2.00. The number of carbonyl (C=O) groups excluding carboxylic acids is 1. The van der Waals surface area contributed by atoms with Crippen LogP contribution in [-0.2, 0) is 9.63 Å². The Morgan fingerprint density at radius 1 is 1.50 bits per heavy atom. The number of fused-ring (bicyclic) bond motifs is 3. The van der Waals surface area contributed by atoms with Gasteiger partial charge in [-0.25, -0.2) is 4.39 Å². The normalized spacial score (nSPS) is 17.8. The number of halogens is 1. The van der Waals surface area contributed by atoms with E-state index in [0.29, 0.717) is 10.9 Å². The number of carbonyl (C=O) groups is 2. The fourth-order valence-corrected chi connectivity index (χ4v) is 2.59. The number of benzene rings is 1. The molecule has 1 N–H and O–H groups in total. The van der Waals surface area contributed by atoms with Crippen molar-refractivity contribution in [3.63, 3.8) is 0 Å². The summed E-state index contributed by atoms with van der Waals surface area (Å²) in [6, 6.07) is 5.87. The minimum absolute atomic E-state index is 0.221. The maximum Gasteiger partial charge on any atom is 0.307 e. The van der Waals surface area contributed by atoms with Gasteiger partial charge in [0.2, 0.25) is 0 Å². The lowest BCUT2D eigenvalue weighted by atomic mass is 10.2. The maximum atomic E-state index is 13.7. The molecule has 6 nitrogen and oxygen atoms in total. The molecule has 1 aliphatic rings. The van der Waals surface area contributed by atoms with Crippen molar-refractivity contribution in [3.8, 4) is 0 Å². The molecular formula is C13H11FN2O4. The highest BCUT2D eigenvalue weighted by molar-refractivity contribution is 6.01. The number of hydrogen-bond donors (Lipinski definition) is 1. The van der Waals surface area contributed by atoms with Gasteiger partial charge in [-0.05, 0) is 18.2 Å². The Bertz CT molecular complexity index is 724. The van der Waals surface area contributed by atoms with Gasteiger partial charge in [0.15, 0.2) is 0 Å². The van der Waals surface area contributed by atoms with E-state index in [1.807, 2.05) is 0 Å². The lowest BCUT2D eigenvalue weighted by molar-refractivity contribution is -0.153. The number of aromatic nitrogens is 1. The Balaban J connectivity index is 2.24.